The Kier molecular flexibility index (Phi) is 6.82. The van der Waals surface area contributed by atoms with Gasteiger partial charge in [-0.1, -0.05) is 6.92 Å². The molecule has 0 aliphatic heterocycles. The van der Waals surface area contributed by atoms with Crippen molar-refractivity contribution in [2.45, 2.75) is 18.0 Å². The molecule has 3 heterocycles. The molecule has 0 saturated carbocycles. The number of hydrogen-bond donors (Lipinski definition) is 2. The molecule has 14 heteroatoms. The number of benzene rings is 1. The molecule has 9 nitrogen and oxygen atoms in total. The van der Waals surface area contributed by atoms with Crippen LogP contribution in [-0.4, -0.2) is 41.2 Å². The minimum absolute atomic E-state index is 0.0124. The molecule has 0 spiro atoms. The maximum Gasteiger partial charge on any atom is 0.419 e. The molecule has 0 aliphatic rings. The summed E-state index contributed by atoms with van der Waals surface area (Å²) in [6.45, 7) is 1.46. The Morgan fingerprint density at radius 2 is 1.86 bits per heavy atom. The Balaban J connectivity index is 2.00. The third-order valence-electron chi connectivity index (χ3n) is 5.17. The van der Waals surface area contributed by atoms with Gasteiger partial charge in [0.25, 0.3) is 0 Å². The Labute approximate surface area is 208 Å². The molecule has 188 valence electrons. The van der Waals surface area contributed by atoms with Crippen LogP contribution < -0.4 is 15.8 Å². The summed E-state index contributed by atoms with van der Waals surface area (Å²) in [5, 5.41) is 2.73. The van der Waals surface area contributed by atoms with Crippen LogP contribution in [0.25, 0.3) is 21.8 Å². The number of thiazole rings is 1. The van der Waals surface area contributed by atoms with Crippen molar-refractivity contribution in [3.05, 3.63) is 53.9 Å². The first-order chi connectivity index (χ1) is 17.1. The largest absolute Gasteiger partial charge is 0.496 e. The monoisotopic (exact) mass is 536 g/mol. The van der Waals surface area contributed by atoms with Crippen molar-refractivity contribution < 1.29 is 26.3 Å². The number of pyridine rings is 1. The third kappa shape index (κ3) is 4.81. The summed E-state index contributed by atoms with van der Waals surface area (Å²) >= 11 is 1.13. The van der Waals surface area contributed by atoms with E-state index in [1.807, 2.05) is 0 Å². The van der Waals surface area contributed by atoms with Gasteiger partial charge in [-0.25, -0.2) is 28.4 Å². The zero-order chi connectivity index (χ0) is 26.1. The Morgan fingerprint density at radius 1 is 1.14 bits per heavy atom. The molecule has 0 aliphatic carbocycles. The highest BCUT2D eigenvalue weighted by Crippen LogP contribution is 2.47. The van der Waals surface area contributed by atoms with Crippen LogP contribution in [0.3, 0.4) is 0 Å². The van der Waals surface area contributed by atoms with Gasteiger partial charge in [0.05, 0.1) is 40.1 Å². The van der Waals surface area contributed by atoms with Crippen molar-refractivity contribution in [2.75, 3.05) is 23.9 Å². The number of nitrogens with zero attached hydrogens (tertiary/aromatic N) is 4. The molecule has 0 saturated heterocycles. The van der Waals surface area contributed by atoms with Crippen LogP contribution in [-0.2, 0) is 16.0 Å². The SMILES string of the molecule is CCS(=O)(=O)c1ccc(OC)c(-c2c(N)ncc(C(F)(F)F)c2Nc2ncsc2-c2ncccn2)c1. The van der Waals surface area contributed by atoms with Gasteiger partial charge < -0.3 is 15.8 Å². The molecule has 0 atom stereocenters. The van der Waals surface area contributed by atoms with E-state index in [1.54, 1.807) is 6.07 Å². The molecule has 0 fully saturated rings. The summed E-state index contributed by atoms with van der Waals surface area (Å²) < 4.78 is 72.8. The summed E-state index contributed by atoms with van der Waals surface area (Å²) in [6.07, 6.45) is -1.25. The number of aromatic nitrogens is 4. The fourth-order valence-corrected chi connectivity index (χ4v) is 5.01. The van der Waals surface area contributed by atoms with E-state index in [0.29, 0.717) is 11.1 Å². The van der Waals surface area contributed by atoms with E-state index in [9.17, 15) is 21.6 Å². The van der Waals surface area contributed by atoms with E-state index in [2.05, 4.69) is 25.3 Å². The predicted molar refractivity (Wildman–Crippen MR) is 130 cm³/mol. The second kappa shape index (κ2) is 9.70. The van der Waals surface area contributed by atoms with Crippen LogP contribution in [0.15, 0.2) is 53.3 Å². The average molecular weight is 537 g/mol. The summed E-state index contributed by atoms with van der Waals surface area (Å²) in [7, 11) is -2.39. The lowest BCUT2D eigenvalue weighted by molar-refractivity contribution is -0.137. The maximum atomic E-state index is 14.1. The molecule has 0 bridgehead atoms. The fourth-order valence-electron chi connectivity index (χ4n) is 3.41. The number of halogens is 3. The molecule has 4 aromatic rings. The van der Waals surface area contributed by atoms with Gasteiger partial charge in [-0.3, -0.25) is 0 Å². The zero-order valence-electron chi connectivity index (χ0n) is 18.9. The lowest BCUT2D eigenvalue weighted by Gasteiger charge is -2.21. The summed E-state index contributed by atoms with van der Waals surface area (Å²) in [5.41, 5.74) is 5.74. The lowest BCUT2D eigenvalue weighted by atomic mass is 10.00. The Hall–Kier alpha value is -3.78. The highest BCUT2D eigenvalue weighted by atomic mass is 32.2. The van der Waals surface area contributed by atoms with Crippen molar-refractivity contribution >= 4 is 38.5 Å². The second-order valence-electron chi connectivity index (χ2n) is 7.30. The first-order valence-electron chi connectivity index (χ1n) is 10.3. The predicted octanol–water partition coefficient (Wildman–Crippen LogP) is 4.81. The summed E-state index contributed by atoms with van der Waals surface area (Å²) in [4.78, 5) is 16.5. The number of methoxy groups -OCH3 is 1. The lowest BCUT2D eigenvalue weighted by Crippen LogP contribution is -2.13. The number of nitrogens with one attached hydrogen (secondary N) is 1. The van der Waals surface area contributed by atoms with Gasteiger partial charge in [0.1, 0.15) is 16.4 Å². The van der Waals surface area contributed by atoms with Crippen molar-refractivity contribution in [2.24, 2.45) is 0 Å². The van der Waals surface area contributed by atoms with E-state index in [1.165, 1.54) is 50.1 Å². The van der Waals surface area contributed by atoms with Gasteiger partial charge in [-0.15, -0.1) is 11.3 Å². The van der Waals surface area contributed by atoms with Crippen LogP contribution in [0.1, 0.15) is 12.5 Å². The number of nitrogens with two attached hydrogens (primary N) is 1. The minimum Gasteiger partial charge on any atom is -0.496 e. The first-order valence-corrected chi connectivity index (χ1v) is 12.8. The number of rotatable bonds is 7. The van der Waals surface area contributed by atoms with Gasteiger partial charge >= 0.3 is 6.18 Å². The number of anilines is 3. The van der Waals surface area contributed by atoms with Crippen molar-refractivity contribution in [3.63, 3.8) is 0 Å². The van der Waals surface area contributed by atoms with E-state index in [4.69, 9.17) is 10.5 Å². The highest BCUT2D eigenvalue weighted by molar-refractivity contribution is 7.91. The molecule has 1 aromatic carbocycles. The van der Waals surface area contributed by atoms with E-state index >= 15 is 0 Å². The topological polar surface area (TPSA) is 133 Å². The fraction of sp³-hybridized carbons (Fsp3) is 0.182. The summed E-state index contributed by atoms with van der Waals surface area (Å²) in [5.74, 6) is -0.0686. The van der Waals surface area contributed by atoms with Crippen molar-refractivity contribution in [1.29, 1.82) is 0 Å². The van der Waals surface area contributed by atoms with Gasteiger partial charge in [-0.05, 0) is 24.3 Å². The normalized spacial score (nSPS) is 11.9. The van der Waals surface area contributed by atoms with Crippen LogP contribution >= 0.6 is 11.3 Å². The molecule has 3 N–H and O–H groups in total. The molecule has 3 aromatic heterocycles. The smallest absolute Gasteiger partial charge is 0.419 e. The number of alkyl halides is 3. The summed E-state index contributed by atoms with van der Waals surface area (Å²) in [6, 6.07) is 5.49. The van der Waals surface area contributed by atoms with Gasteiger partial charge in [-0.2, -0.15) is 13.2 Å². The standard InChI is InChI=1S/C22H19F3N6O3S2/c1-3-36(32,33)12-5-6-15(34-2)13(9-12)16-17(14(22(23,24)25)10-29-19(16)26)31-21-18(35-11-30-21)20-27-7-4-8-28-20/h4-11H,3H2,1-2H3,(H3,26,29,31). The Bertz CT molecular complexity index is 1510. The number of sulfone groups is 1. The van der Waals surface area contributed by atoms with Gasteiger partial charge in [0.2, 0.25) is 0 Å². The molecule has 0 amide bonds. The van der Waals surface area contributed by atoms with Crippen molar-refractivity contribution in [3.8, 4) is 27.6 Å². The van der Waals surface area contributed by atoms with Gasteiger partial charge in [0, 0.05) is 24.2 Å². The van der Waals surface area contributed by atoms with E-state index in [-0.39, 0.29) is 45.0 Å². The highest BCUT2D eigenvalue weighted by Gasteiger charge is 2.37. The molecule has 4 rings (SSSR count). The quantitative estimate of drug-likeness (QED) is 0.341. The Morgan fingerprint density at radius 3 is 2.50 bits per heavy atom. The minimum atomic E-state index is -4.84. The molecule has 0 unspecified atom stereocenters. The number of ether oxygens (including phenoxy) is 1. The van der Waals surface area contributed by atoms with Crippen molar-refractivity contribution in [1.82, 2.24) is 19.9 Å². The third-order valence-corrected chi connectivity index (χ3v) is 7.73. The average Bonchev–Trinajstić information content (AvgIpc) is 3.32. The molecular weight excluding hydrogens is 517 g/mol. The number of nitrogen functional groups attached to an aromatic ring is 1. The van der Waals surface area contributed by atoms with E-state index < -0.39 is 27.3 Å². The molecular formula is C22H19F3N6O3S2. The first kappa shape index (κ1) is 25.3. The van der Waals surface area contributed by atoms with Gasteiger partial charge in [0.15, 0.2) is 21.5 Å². The second-order valence-corrected chi connectivity index (χ2v) is 10.4. The zero-order valence-corrected chi connectivity index (χ0v) is 20.5. The van der Waals surface area contributed by atoms with Crippen LogP contribution in [0.2, 0.25) is 0 Å². The molecule has 36 heavy (non-hydrogen) atoms. The molecule has 0 radical (unpaired) electrons. The van der Waals surface area contributed by atoms with E-state index in [0.717, 1.165) is 11.3 Å². The van der Waals surface area contributed by atoms with Crippen LogP contribution in [0.4, 0.5) is 30.5 Å². The van der Waals surface area contributed by atoms with Crippen LogP contribution in [0.5, 0.6) is 5.75 Å². The van der Waals surface area contributed by atoms with Crippen LogP contribution in [0, 0.1) is 0 Å². The number of hydrogen-bond acceptors (Lipinski definition) is 10. The maximum absolute atomic E-state index is 14.1.